The Balaban J connectivity index is 1.63. The number of likely N-dealkylation sites (N-methyl/N-ethyl adjacent to an activating group) is 1. The molecule has 6 nitrogen and oxygen atoms in total. The number of likely N-dealkylation sites (tertiary alicyclic amines) is 1. The van der Waals surface area contributed by atoms with Gasteiger partial charge >= 0.3 is 0 Å². The van der Waals surface area contributed by atoms with E-state index >= 15 is 0 Å². The van der Waals surface area contributed by atoms with Crippen molar-refractivity contribution in [3.8, 4) is 0 Å². The van der Waals surface area contributed by atoms with Gasteiger partial charge in [-0.25, -0.2) is 0 Å². The summed E-state index contributed by atoms with van der Waals surface area (Å²) < 4.78 is 1.81. The number of ketones is 1. The molecule has 0 bridgehead atoms. The smallest absolute Gasteiger partial charge is 0.299 e. The highest BCUT2D eigenvalue weighted by Crippen LogP contribution is 2.25. The molecule has 6 heteroatoms. The van der Waals surface area contributed by atoms with Gasteiger partial charge in [0.2, 0.25) is 5.91 Å². The second-order valence-electron chi connectivity index (χ2n) is 9.13. The number of rotatable bonds is 6. The Hall–Kier alpha value is -3.41. The lowest BCUT2D eigenvalue weighted by molar-refractivity contribution is -0.131. The fourth-order valence-electron chi connectivity index (χ4n) is 4.70. The summed E-state index contributed by atoms with van der Waals surface area (Å²) in [6.45, 7) is 7.99. The van der Waals surface area contributed by atoms with Gasteiger partial charge in [-0.05, 0) is 62.9 Å². The Morgan fingerprint density at radius 1 is 0.912 bits per heavy atom. The van der Waals surface area contributed by atoms with E-state index in [9.17, 15) is 14.4 Å². The van der Waals surface area contributed by atoms with Crippen molar-refractivity contribution in [2.24, 2.45) is 0 Å². The molecule has 1 saturated heterocycles. The van der Waals surface area contributed by atoms with Crippen LogP contribution in [0.2, 0.25) is 0 Å². The summed E-state index contributed by atoms with van der Waals surface area (Å²) in [7, 11) is 0. The predicted molar refractivity (Wildman–Crippen MR) is 135 cm³/mol. The van der Waals surface area contributed by atoms with E-state index in [1.54, 1.807) is 6.20 Å². The molecule has 0 atom stereocenters. The van der Waals surface area contributed by atoms with Gasteiger partial charge in [-0.2, -0.15) is 0 Å². The van der Waals surface area contributed by atoms with Crippen LogP contribution in [0.3, 0.4) is 0 Å². The zero-order valence-electron chi connectivity index (χ0n) is 20.3. The first-order chi connectivity index (χ1) is 16.4. The number of carbonyl (C=O) groups excluding carboxylic acids is 3. The molecule has 2 amide bonds. The molecule has 1 aliphatic heterocycles. The molecule has 0 aliphatic carbocycles. The highest BCUT2D eigenvalue weighted by Gasteiger charge is 2.27. The molecule has 0 saturated carbocycles. The molecular weight excluding hydrogens is 426 g/mol. The summed E-state index contributed by atoms with van der Waals surface area (Å²) in [5, 5.41) is 0.695. The number of amides is 2. The monoisotopic (exact) mass is 459 g/mol. The fraction of sp³-hybridized carbons (Fsp3) is 0.393. The molecule has 0 unspecified atom stereocenters. The molecule has 3 aromatic rings. The quantitative estimate of drug-likeness (QED) is 0.389. The average molecular weight is 460 g/mol. The summed E-state index contributed by atoms with van der Waals surface area (Å²) in [6, 6.07) is 13.3. The number of para-hydroxylation sites is 1. The summed E-state index contributed by atoms with van der Waals surface area (Å²) >= 11 is 0. The van der Waals surface area contributed by atoms with Gasteiger partial charge in [0.1, 0.15) is 6.54 Å². The van der Waals surface area contributed by atoms with Crippen molar-refractivity contribution in [1.82, 2.24) is 9.47 Å². The minimum Gasteiger partial charge on any atom is -0.341 e. The zero-order chi connectivity index (χ0) is 24.2. The number of aryl methyl sites for hydroxylation is 2. The van der Waals surface area contributed by atoms with E-state index in [1.807, 2.05) is 72.7 Å². The Bertz CT molecular complexity index is 1220. The van der Waals surface area contributed by atoms with Gasteiger partial charge < -0.3 is 14.4 Å². The minimum atomic E-state index is -0.562. The van der Waals surface area contributed by atoms with E-state index in [4.69, 9.17) is 0 Å². The van der Waals surface area contributed by atoms with Crippen molar-refractivity contribution in [3.63, 3.8) is 0 Å². The van der Waals surface area contributed by atoms with E-state index in [0.717, 1.165) is 55.4 Å². The molecule has 1 aromatic heterocycles. The lowest BCUT2D eigenvalue weighted by Gasteiger charge is -2.21. The highest BCUT2D eigenvalue weighted by atomic mass is 16.2. The van der Waals surface area contributed by atoms with Crippen LogP contribution in [0.1, 0.15) is 54.1 Å². The van der Waals surface area contributed by atoms with Crippen LogP contribution < -0.4 is 4.90 Å². The molecule has 2 aromatic carbocycles. The number of anilines is 1. The van der Waals surface area contributed by atoms with Crippen molar-refractivity contribution in [2.75, 3.05) is 24.5 Å². The van der Waals surface area contributed by atoms with E-state index in [2.05, 4.69) is 0 Å². The molecule has 1 fully saturated rings. The molecule has 1 aliphatic rings. The number of aromatic nitrogens is 1. The third kappa shape index (κ3) is 4.76. The van der Waals surface area contributed by atoms with Crippen molar-refractivity contribution >= 4 is 34.2 Å². The number of hydrogen-bond donors (Lipinski definition) is 0. The normalized spacial score (nSPS) is 14.1. The molecule has 0 radical (unpaired) electrons. The van der Waals surface area contributed by atoms with Gasteiger partial charge in [0, 0.05) is 42.4 Å². The maximum Gasteiger partial charge on any atom is 0.299 e. The largest absolute Gasteiger partial charge is 0.341 e. The van der Waals surface area contributed by atoms with Crippen LogP contribution >= 0.6 is 0 Å². The average Bonchev–Trinajstić information content (AvgIpc) is 3.00. The standard InChI is InChI=1S/C28H33N3O3/c1-4-31(22-14-13-20(2)21(3)17-22)28(34)27(33)24-18-30(25-12-8-7-11-23(24)25)19-26(32)29-15-9-5-6-10-16-29/h7-8,11-14,17-18H,4-6,9-10,15-16,19H2,1-3H3. The van der Waals surface area contributed by atoms with Crippen LogP contribution in [-0.4, -0.2) is 46.7 Å². The van der Waals surface area contributed by atoms with Crippen molar-refractivity contribution in [1.29, 1.82) is 0 Å². The SMILES string of the molecule is CCN(C(=O)C(=O)c1cn(CC(=O)N2CCCCCC2)c2ccccc12)c1ccc(C)c(C)c1. The fourth-order valence-corrected chi connectivity index (χ4v) is 4.70. The van der Waals surface area contributed by atoms with Crippen LogP contribution in [-0.2, 0) is 16.1 Å². The number of Topliss-reactive ketones (excluding diaryl/α,β-unsaturated/α-hetero) is 1. The molecular formula is C28H33N3O3. The van der Waals surface area contributed by atoms with E-state index in [0.29, 0.717) is 23.2 Å². The van der Waals surface area contributed by atoms with Gasteiger partial charge in [-0.15, -0.1) is 0 Å². The molecule has 4 rings (SSSR count). The predicted octanol–water partition coefficient (Wildman–Crippen LogP) is 4.90. The molecule has 178 valence electrons. The number of benzene rings is 2. The van der Waals surface area contributed by atoms with Gasteiger partial charge in [0.15, 0.2) is 0 Å². The second-order valence-corrected chi connectivity index (χ2v) is 9.13. The molecule has 0 spiro atoms. The molecule has 34 heavy (non-hydrogen) atoms. The van der Waals surface area contributed by atoms with Crippen LogP contribution in [0.4, 0.5) is 5.69 Å². The van der Waals surface area contributed by atoms with Crippen molar-refractivity contribution < 1.29 is 14.4 Å². The lowest BCUT2D eigenvalue weighted by Crippen LogP contribution is -2.36. The lowest BCUT2D eigenvalue weighted by atomic mass is 10.1. The van der Waals surface area contributed by atoms with E-state index in [-0.39, 0.29) is 12.5 Å². The highest BCUT2D eigenvalue weighted by molar-refractivity contribution is 6.48. The van der Waals surface area contributed by atoms with E-state index in [1.165, 1.54) is 4.90 Å². The Labute approximate surface area is 201 Å². The number of hydrogen-bond acceptors (Lipinski definition) is 3. The van der Waals surface area contributed by atoms with Gasteiger partial charge in [0.25, 0.3) is 11.7 Å². The van der Waals surface area contributed by atoms with Crippen molar-refractivity contribution in [2.45, 2.75) is 53.0 Å². The summed E-state index contributed by atoms with van der Waals surface area (Å²) in [4.78, 5) is 43.2. The first kappa shape index (κ1) is 23.7. The number of nitrogens with zero attached hydrogens (tertiary/aromatic N) is 3. The Morgan fingerprint density at radius 2 is 1.62 bits per heavy atom. The van der Waals surface area contributed by atoms with Gasteiger partial charge in [-0.3, -0.25) is 14.4 Å². The van der Waals surface area contributed by atoms with Crippen LogP contribution in [0, 0.1) is 13.8 Å². The summed E-state index contributed by atoms with van der Waals surface area (Å²) in [5.74, 6) is -1.07. The third-order valence-electron chi connectivity index (χ3n) is 6.86. The summed E-state index contributed by atoms with van der Waals surface area (Å²) in [6.07, 6.45) is 6.05. The van der Waals surface area contributed by atoms with Crippen LogP contribution in [0.15, 0.2) is 48.7 Å². The van der Waals surface area contributed by atoms with E-state index < -0.39 is 11.7 Å². The summed E-state index contributed by atoms with van der Waals surface area (Å²) in [5.41, 5.74) is 4.04. The first-order valence-electron chi connectivity index (χ1n) is 12.2. The molecule has 2 heterocycles. The maximum atomic E-state index is 13.4. The van der Waals surface area contributed by atoms with Crippen molar-refractivity contribution in [3.05, 3.63) is 65.4 Å². The maximum absolute atomic E-state index is 13.4. The molecule has 0 N–H and O–H groups in total. The van der Waals surface area contributed by atoms with Crippen LogP contribution in [0.25, 0.3) is 10.9 Å². The Morgan fingerprint density at radius 3 is 2.29 bits per heavy atom. The Kier molecular flexibility index (Phi) is 7.15. The van der Waals surface area contributed by atoms with Gasteiger partial charge in [0.05, 0.1) is 5.56 Å². The zero-order valence-corrected chi connectivity index (χ0v) is 20.3. The van der Waals surface area contributed by atoms with Gasteiger partial charge in [-0.1, -0.05) is 37.1 Å². The number of carbonyl (C=O) groups is 3. The van der Waals surface area contributed by atoms with Crippen LogP contribution in [0.5, 0.6) is 0 Å². The first-order valence-corrected chi connectivity index (χ1v) is 12.2. The second kappa shape index (κ2) is 10.2. The third-order valence-corrected chi connectivity index (χ3v) is 6.86. The number of fused-ring (bicyclic) bond motifs is 1. The minimum absolute atomic E-state index is 0.0540. The topological polar surface area (TPSA) is 62.6 Å².